The molecule has 0 heterocycles. The highest BCUT2D eigenvalue weighted by atomic mass is 16.5. The van der Waals surface area contributed by atoms with Crippen molar-refractivity contribution in [3.05, 3.63) is 35.4 Å². The van der Waals surface area contributed by atoms with E-state index in [-0.39, 0.29) is 0 Å². The Morgan fingerprint density at radius 3 is 2.00 bits per heavy atom. The van der Waals surface area contributed by atoms with Crippen molar-refractivity contribution < 1.29 is 4.74 Å². The number of ether oxygens (including phenoxy) is 1. The van der Waals surface area contributed by atoms with Gasteiger partial charge in [0, 0.05) is 6.61 Å². The molecule has 162 valence electrons. The summed E-state index contributed by atoms with van der Waals surface area (Å²) in [7, 11) is 0. The first-order valence-corrected chi connectivity index (χ1v) is 12.8. The third kappa shape index (κ3) is 5.46. The van der Waals surface area contributed by atoms with Gasteiger partial charge in [0.2, 0.25) is 0 Å². The lowest BCUT2D eigenvalue weighted by molar-refractivity contribution is 0.0328. The van der Waals surface area contributed by atoms with Crippen molar-refractivity contribution in [3.8, 4) is 0 Å². The third-order valence-corrected chi connectivity index (χ3v) is 8.48. The van der Waals surface area contributed by atoms with E-state index in [0.29, 0.717) is 6.10 Å². The second kappa shape index (κ2) is 9.99. The Bertz CT molecular complexity index is 610. The second-order valence-electron chi connectivity index (χ2n) is 10.9. The van der Waals surface area contributed by atoms with Crippen molar-refractivity contribution in [2.75, 3.05) is 6.61 Å². The standard InChI is InChI=1S/C28H44O/c1-4-29-28-15-13-23(14-16-28)22-7-9-24(10-8-22)26-12-11-25-18-21(17-20(2)3)5-6-27(25)19-26/h7-10,20-21,23,25-28H,4-6,11-19H2,1-3H3. The topological polar surface area (TPSA) is 9.23 Å². The molecule has 0 aliphatic heterocycles. The summed E-state index contributed by atoms with van der Waals surface area (Å²) in [6.07, 6.45) is 15.9. The molecule has 0 bridgehead atoms. The highest BCUT2D eigenvalue weighted by Crippen LogP contribution is 2.48. The first kappa shape index (κ1) is 21.4. The third-order valence-electron chi connectivity index (χ3n) is 8.48. The van der Waals surface area contributed by atoms with E-state index in [1.807, 2.05) is 0 Å². The van der Waals surface area contributed by atoms with Crippen molar-refractivity contribution in [3.63, 3.8) is 0 Å². The fourth-order valence-electron chi connectivity index (χ4n) is 7.01. The van der Waals surface area contributed by atoms with Crippen molar-refractivity contribution >= 4 is 0 Å². The van der Waals surface area contributed by atoms with Gasteiger partial charge in [-0.3, -0.25) is 0 Å². The molecule has 4 unspecified atom stereocenters. The van der Waals surface area contributed by atoms with E-state index >= 15 is 0 Å². The molecule has 0 N–H and O–H groups in total. The number of benzene rings is 1. The molecule has 4 atom stereocenters. The van der Waals surface area contributed by atoms with E-state index in [1.165, 1.54) is 70.6 Å². The summed E-state index contributed by atoms with van der Waals surface area (Å²) in [5.41, 5.74) is 3.20. The van der Waals surface area contributed by atoms with Crippen LogP contribution in [0.5, 0.6) is 0 Å². The molecule has 3 fully saturated rings. The van der Waals surface area contributed by atoms with Crippen LogP contribution in [0.15, 0.2) is 24.3 Å². The Labute approximate surface area is 180 Å². The van der Waals surface area contributed by atoms with Crippen LogP contribution in [0.3, 0.4) is 0 Å². The second-order valence-corrected chi connectivity index (χ2v) is 10.9. The zero-order valence-corrected chi connectivity index (χ0v) is 19.2. The fourth-order valence-corrected chi connectivity index (χ4v) is 7.01. The smallest absolute Gasteiger partial charge is 0.0575 e. The monoisotopic (exact) mass is 396 g/mol. The van der Waals surface area contributed by atoms with E-state index in [9.17, 15) is 0 Å². The van der Waals surface area contributed by atoms with Gasteiger partial charge in [-0.1, -0.05) is 44.5 Å². The molecule has 3 aliphatic carbocycles. The quantitative estimate of drug-likeness (QED) is 0.472. The summed E-state index contributed by atoms with van der Waals surface area (Å²) < 4.78 is 5.83. The van der Waals surface area contributed by atoms with Gasteiger partial charge in [-0.2, -0.15) is 0 Å². The molecule has 1 heteroatoms. The predicted molar refractivity (Wildman–Crippen MR) is 123 cm³/mol. The van der Waals surface area contributed by atoms with Gasteiger partial charge in [-0.25, -0.2) is 0 Å². The van der Waals surface area contributed by atoms with Gasteiger partial charge < -0.3 is 4.74 Å². The largest absolute Gasteiger partial charge is 0.379 e. The molecule has 0 amide bonds. The van der Waals surface area contributed by atoms with Crippen LogP contribution < -0.4 is 0 Å². The van der Waals surface area contributed by atoms with Gasteiger partial charge in [0.25, 0.3) is 0 Å². The average molecular weight is 397 g/mol. The minimum absolute atomic E-state index is 0.515. The maximum Gasteiger partial charge on any atom is 0.0575 e. The van der Waals surface area contributed by atoms with Crippen LogP contribution in [0.25, 0.3) is 0 Å². The molecule has 1 aromatic carbocycles. The Morgan fingerprint density at radius 1 is 0.759 bits per heavy atom. The highest BCUT2D eigenvalue weighted by molar-refractivity contribution is 5.28. The van der Waals surface area contributed by atoms with E-state index < -0.39 is 0 Å². The summed E-state index contributed by atoms with van der Waals surface area (Å²) in [6.45, 7) is 7.79. The molecule has 29 heavy (non-hydrogen) atoms. The molecule has 1 nitrogen and oxygen atoms in total. The van der Waals surface area contributed by atoms with E-state index in [2.05, 4.69) is 45.0 Å². The van der Waals surface area contributed by atoms with Crippen LogP contribution in [0.1, 0.15) is 114 Å². The summed E-state index contributed by atoms with van der Waals surface area (Å²) in [5, 5.41) is 0. The van der Waals surface area contributed by atoms with Crippen LogP contribution in [-0.4, -0.2) is 12.7 Å². The number of rotatable bonds is 6. The maximum atomic E-state index is 5.83. The summed E-state index contributed by atoms with van der Waals surface area (Å²) >= 11 is 0. The highest BCUT2D eigenvalue weighted by Gasteiger charge is 2.36. The molecule has 3 saturated carbocycles. The van der Waals surface area contributed by atoms with Crippen molar-refractivity contribution in [2.24, 2.45) is 23.7 Å². The summed E-state index contributed by atoms with van der Waals surface area (Å²) in [6, 6.07) is 9.90. The minimum atomic E-state index is 0.515. The molecule has 0 spiro atoms. The lowest BCUT2D eigenvalue weighted by Crippen LogP contribution is -2.31. The van der Waals surface area contributed by atoms with Gasteiger partial charge in [-0.05, 0) is 118 Å². The Hall–Kier alpha value is -0.820. The Kier molecular flexibility index (Phi) is 7.38. The first-order chi connectivity index (χ1) is 14.1. The van der Waals surface area contributed by atoms with Crippen LogP contribution in [0, 0.1) is 23.7 Å². The van der Waals surface area contributed by atoms with Crippen LogP contribution in [-0.2, 0) is 4.74 Å². The zero-order valence-electron chi connectivity index (χ0n) is 19.2. The SMILES string of the molecule is CCOC1CCC(c2ccc(C3CCC4CC(CC(C)C)CCC4C3)cc2)CC1. The molecule has 1 aromatic rings. The van der Waals surface area contributed by atoms with Gasteiger partial charge in [-0.15, -0.1) is 0 Å². The molecule has 3 aliphatic rings. The fraction of sp³-hybridized carbons (Fsp3) is 0.786. The number of hydrogen-bond donors (Lipinski definition) is 0. The average Bonchev–Trinajstić information content (AvgIpc) is 2.74. The van der Waals surface area contributed by atoms with Gasteiger partial charge in [0.1, 0.15) is 0 Å². The Balaban J connectivity index is 1.29. The van der Waals surface area contributed by atoms with Crippen molar-refractivity contribution in [2.45, 2.75) is 109 Å². The molecule has 0 saturated heterocycles. The molecular formula is C28H44O. The summed E-state index contributed by atoms with van der Waals surface area (Å²) in [4.78, 5) is 0. The lowest BCUT2D eigenvalue weighted by atomic mass is 9.63. The maximum absolute atomic E-state index is 5.83. The van der Waals surface area contributed by atoms with Gasteiger partial charge in [0.15, 0.2) is 0 Å². The van der Waals surface area contributed by atoms with E-state index in [4.69, 9.17) is 4.74 Å². The van der Waals surface area contributed by atoms with Crippen LogP contribution in [0.4, 0.5) is 0 Å². The van der Waals surface area contributed by atoms with Gasteiger partial charge in [0.05, 0.1) is 6.10 Å². The van der Waals surface area contributed by atoms with Crippen LogP contribution >= 0.6 is 0 Å². The molecular weight excluding hydrogens is 352 g/mol. The zero-order chi connectivity index (χ0) is 20.2. The molecule has 0 aromatic heterocycles. The lowest BCUT2D eigenvalue weighted by Gasteiger charge is -2.43. The number of fused-ring (bicyclic) bond motifs is 1. The van der Waals surface area contributed by atoms with Crippen molar-refractivity contribution in [1.82, 2.24) is 0 Å². The van der Waals surface area contributed by atoms with Crippen molar-refractivity contribution in [1.29, 1.82) is 0 Å². The predicted octanol–water partition coefficient (Wildman–Crippen LogP) is 8.10. The molecule has 4 rings (SSSR count). The minimum Gasteiger partial charge on any atom is -0.379 e. The first-order valence-electron chi connectivity index (χ1n) is 12.8. The van der Waals surface area contributed by atoms with Crippen LogP contribution in [0.2, 0.25) is 0 Å². The van der Waals surface area contributed by atoms with E-state index in [1.54, 1.807) is 11.1 Å². The Morgan fingerprint density at radius 2 is 1.34 bits per heavy atom. The normalized spacial score (nSPS) is 35.4. The van der Waals surface area contributed by atoms with E-state index in [0.717, 1.165) is 42.1 Å². The van der Waals surface area contributed by atoms with Gasteiger partial charge >= 0.3 is 0 Å². The number of hydrogen-bond acceptors (Lipinski definition) is 1. The molecule has 0 radical (unpaired) electrons. The summed E-state index contributed by atoms with van der Waals surface area (Å²) in [5.74, 6) is 5.51.